The van der Waals surface area contributed by atoms with E-state index in [1.165, 1.54) is 5.56 Å². The second-order valence-corrected chi connectivity index (χ2v) is 3.20. The van der Waals surface area contributed by atoms with Gasteiger partial charge in [-0.05, 0) is 24.6 Å². The Kier molecular flexibility index (Phi) is 2.15. The highest BCUT2D eigenvalue weighted by Gasteiger charge is 2.01. The minimum absolute atomic E-state index is 0.444. The third-order valence-corrected chi connectivity index (χ3v) is 2.00. The number of nitriles is 1. The number of aryl methyl sites for hydroxylation is 2. The van der Waals surface area contributed by atoms with Crippen molar-refractivity contribution in [2.45, 2.75) is 19.9 Å². The van der Waals surface area contributed by atoms with Gasteiger partial charge in [-0.1, -0.05) is 6.07 Å². The topological polar surface area (TPSA) is 54.5 Å². The van der Waals surface area contributed by atoms with E-state index in [9.17, 15) is 0 Å². The lowest BCUT2D eigenvalue weighted by Crippen LogP contribution is -2.00. The van der Waals surface area contributed by atoms with E-state index in [0.29, 0.717) is 13.0 Å². The van der Waals surface area contributed by atoms with Gasteiger partial charge in [0.2, 0.25) is 0 Å². The second kappa shape index (κ2) is 3.46. The number of rotatable bonds is 2. The molecule has 2 aromatic rings. The maximum absolute atomic E-state index is 8.43. The van der Waals surface area contributed by atoms with E-state index in [2.05, 4.69) is 16.3 Å². The molecule has 0 aliphatic carbocycles. The van der Waals surface area contributed by atoms with E-state index in [0.717, 1.165) is 11.0 Å². The summed E-state index contributed by atoms with van der Waals surface area (Å²) in [6.45, 7) is 2.58. The first-order valence-corrected chi connectivity index (χ1v) is 4.48. The van der Waals surface area contributed by atoms with Gasteiger partial charge in [0, 0.05) is 0 Å². The second-order valence-electron chi connectivity index (χ2n) is 3.20. The van der Waals surface area contributed by atoms with Crippen LogP contribution in [0.3, 0.4) is 0 Å². The number of nitrogens with zero attached hydrogens (tertiary/aromatic N) is 4. The van der Waals surface area contributed by atoms with Crippen LogP contribution in [-0.4, -0.2) is 15.0 Å². The first-order valence-electron chi connectivity index (χ1n) is 4.48. The van der Waals surface area contributed by atoms with E-state index >= 15 is 0 Å². The third-order valence-electron chi connectivity index (χ3n) is 2.00. The molecule has 1 aromatic heterocycles. The monoisotopic (exact) mass is 186 g/mol. The molecule has 0 unspecified atom stereocenters. The van der Waals surface area contributed by atoms with Crippen LogP contribution in [0.5, 0.6) is 0 Å². The number of benzene rings is 1. The van der Waals surface area contributed by atoms with Gasteiger partial charge in [0.1, 0.15) is 11.0 Å². The maximum atomic E-state index is 8.43. The molecule has 0 aliphatic rings. The predicted molar refractivity (Wildman–Crippen MR) is 52.5 cm³/mol. The zero-order chi connectivity index (χ0) is 9.97. The lowest BCUT2D eigenvalue weighted by atomic mass is 10.2. The van der Waals surface area contributed by atoms with Crippen molar-refractivity contribution in [3.8, 4) is 6.07 Å². The lowest BCUT2D eigenvalue weighted by Gasteiger charge is -1.89. The molecule has 0 bridgehead atoms. The quantitative estimate of drug-likeness (QED) is 0.716. The van der Waals surface area contributed by atoms with Crippen LogP contribution >= 0.6 is 0 Å². The SMILES string of the molecule is Cc1ccc2nn(CCC#N)nc2c1. The molecule has 4 heteroatoms. The molecule has 0 N–H and O–H groups in total. The van der Waals surface area contributed by atoms with Crippen LogP contribution in [0.15, 0.2) is 18.2 Å². The fourth-order valence-corrected chi connectivity index (χ4v) is 1.32. The van der Waals surface area contributed by atoms with E-state index in [4.69, 9.17) is 5.26 Å². The van der Waals surface area contributed by atoms with Gasteiger partial charge in [0.25, 0.3) is 0 Å². The van der Waals surface area contributed by atoms with Gasteiger partial charge in [-0.2, -0.15) is 20.3 Å². The average Bonchev–Trinajstić information content (AvgIpc) is 2.56. The largest absolute Gasteiger partial charge is 0.198 e. The van der Waals surface area contributed by atoms with Gasteiger partial charge in [-0.15, -0.1) is 0 Å². The summed E-state index contributed by atoms with van der Waals surface area (Å²) in [7, 11) is 0. The Bertz CT molecular complexity index is 492. The fourth-order valence-electron chi connectivity index (χ4n) is 1.32. The van der Waals surface area contributed by atoms with Crippen molar-refractivity contribution >= 4 is 11.0 Å². The minimum Gasteiger partial charge on any atom is -0.198 e. The summed E-state index contributed by atoms with van der Waals surface area (Å²) >= 11 is 0. The van der Waals surface area contributed by atoms with Gasteiger partial charge >= 0.3 is 0 Å². The summed E-state index contributed by atoms with van der Waals surface area (Å²) in [5, 5.41) is 16.9. The molecule has 4 nitrogen and oxygen atoms in total. The van der Waals surface area contributed by atoms with Gasteiger partial charge in [0.15, 0.2) is 0 Å². The molecule has 0 aliphatic heterocycles. The highest BCUT2D eigenvalue weighted by Crippen LogP contribution is 2.10. The summed E-state index contributed by atoms with van der Waals surface area (Å²) in [6, 6.07) is 8.01. The van der Waals surface area contributed by atoms with Gasteiger partial charge in [-0.25, -0.2) is 0 Å². The molecule has 0 saturated heterocycles. The number of aromatic nitrogens is 3. The Labute approximate surface area is 81.8 Å². The standard InChI is InChI=1S/C10H10N4/c1-8-3-4-9-10(7-8)13-14(12-9)6-2-5-11/h3-4,7H,2,6H2,1H3. The first-order chi connectivity index (χ1) is 6.79. The van der Waals surface area contributed by atoms with E-state index in [1.807, 2.05) is 25.1 Å². The number of fused-ring (bicyclic) bond motifs is 1. The fraction of sp³-hybridized carbons (Fsp3) is 0.300. The molecule has 14 heavy (non-hydrogen) atoms. The summed E-state index contributed by atoms with van der Waals surface area (Å²) in [5.74, 6) is 0. The predicted octanol–water partition coefficient (Wildman–Crippen LogP) is 1.65. The summed E-state index contributed by atoms with van der Waals surface area (Å²) < 4.78 is 0. The minimum atomic E-state index is 0.444. The summed E-state index contributed by atoms with van der Waals surface area (Å²) in [4.78, 5) is 1.58. The molecule has 1 aromatic carbocycles. The number of hydrogen-bond acceptors (Lipinski definition) is 3. The molecule has 70 valence electrons. The van der Waals surface area contributed by atoms with E-state index in [1.54, 1.807) is 4.80 Å². The normalized spacial score (nSPS) is 10.3. The smallest absolute Gasteiger partial charge is 0.113 e. The van der Waals surface area contributed by atoms with E-state index in [-0.39, 0.29) is 0 Å². The molecule has 0 spiro atoms. The first kappa shape index (κ1) is 8.70. The molecule has 0 amide bonds. The Morgan fingerprint density at radius 2 is 2.14 bits per heavy atom. The van der Waals surface area contributed by atoms with Crippen LogP contribution in [0.4, 0.5) is 0 Å². The van der Waals surface area contributed by atoms with Crippen LogP contribution < -0.4 is 0 Å². The Balaban J connectivity index is 2.37. The van der Waals surface area contributed by atoms with Crippen molar-refractivity contribution in [3.05, 3.63) is 23.8 Å². The zero-order valence-corrected chi connectivity index (χ0v) is 7.94. The summed E-state index contributed by atoms with van der Waals surface area (Å²) in [5.41, 5.74) is 2.95. The molecular weight excluding hydrogens is 176 g/mol. The van der Waals surface area contributed by atoms with Crippen molar-refractivity contribution in [1.82, 2.24) is 15.0 Å². The summed E-state index contributed by atoms with van der Waals surface area (Å²) in [6.07, 6.45) is 0.444. The average molecular weight is 186 g/mol. The molecule has 2 rings (SSSR count). The Hall–Kier alpha value is -1.89. The third kappa shape index (κ3) is 1.57. The van der Waals surface area contributed by atoms with Gasteiger partial charge in [-0.3, -0.25) is 0 Å². The van der Waals surface area contributed by atoms with Crippen molar-refractivity contribution < 1.29 is 0 Å². The molecule has 0 atom stereocenters. The Morgan fingerprint density at radius 3 is 2.93 bits per heavy atom. The number of hydrogen-bond donors (Lipinski definition) is 0. The molecule has 0 radical (unpaired) electrons. The maximum Gasteiger partial charge on any atom is 0.113 e. The zero-order valence-electron chi connectivity index (χ0n) is 7.94. The molecular formula is C10H10N4. The van der Waals surface area contributed by atoms with Crippen molar-refractivity contribution in [3.63, 3.8) is 0 Å². The van der Waals surface area contributed by atoms with Gasteiger partial charge in [0.05, 0.1) is 19.0 Å². The lowest BCUT2D eigenvalue weighted by molar-refractivity contribution is 0.554. The highest BCUT2D eigenvalue weighted by atomic mass is 15.5. The molecule has 0 fully saturated rings. The Morgan fingerprint density at radius 1 is 1.36 bits per heavy atom. The van der Waals surface area contributed by atoms with E-state index < -0.39 is 0 Å². The van der Waals surface area contributed by atoms with Crippen LogP contribution in [-0.2, 0) is 6.54 Å². The van der Waals surface area contributed by atoms with Crippen LogP contribution in [0.2, 0.25) is 0 Å². The van der Waals surface area contributed by atoms with Crippen molar-refractivity contribution in [2.75, 3.05) is 0 Å². The van der Waals surface area contributed by atoms with Crippen molar-refractivity contribution in [1.29, 1.82) is 5.26 Å². The van der Waals surface area contributed by atoms with Crippen molar-refractivity contribution in [2.24, 2.45) is 0 Å². The molecule has 1 heterocycles. The van der Waals surface area contributed by atoms with Crippen LogP contribution in [0.25, 0.3) is 11.0 Å². The highest BCUT2D eigenvalue weighted by molar-refractivity contribution is 5.74. The van der Waals surface area contributed by atoms with Crippen LogP contribution in [0.1, 0.15) is 12.0 Å². The molecule has 0 saturated carbocycles. The van der Waals surface area contributed by atoms with Crippen LogP contribution in [0, 0.1) is 18.3 Å². The van der Waals surface area contributed by atoms with Gasteiger partial charge < -0.3 is 0 Å².